The first-order valence-corrected chi connectivity index (χ1v) is 12.6. The fraction of sp³-hybridized carbons (Fsp3) is 1.00. The average molecular weight is 314 g/mol. The minimum absolute atomic E-state index is 1.10. The van der Waals surface area contributed by atoms with Crippen LogP contribution in [0.3, 0.4) is 0 Å². The second-order valence-electron chi connectivity index (χ2n) is 4.95. The molecule has 0 atom stereocenters. The molecule has 0 spiro atoms. The van der Waals surface area contributed by atoms with Gasteiger partial charge in [0.15, 0.2) is 4.87 Å². The first-order chi connectivity index (χ1) is 8.06. The summed E-state index contributed by atoms with van der Waals surface area (Å²) in [6, 6.07) is 0. The summed E-state index contributed by atoms with van der Waals surface area (Å²) < 4.78 is 0. The number of unbranched alkanes of at least 4 members (excludes halogenated alkanes) is 10. The molecule has 0 aliphatic carbocycles. The van der Waals surface area contributed by atoms with Crippen molar-refractivity contribution in [2.24, 2.45) is 0 Å². The summed E-state index contributed by atoms with van der Waals surface area (Å²) in [4.78, 5) is -1.41. The predicted molar refractivity (Wildman–Crippen MR) is 95.2 cm³/mol. The van der Waals surface area contributed by atoms with E-state index in [2.05, 4.69) is 43.7 Å². The van der Waals surface area contributed by atoms with E-state index in [1.54, 1.807) is 0 Å². The molecule has 0 amide bonds. The molecule has 0 bridgehead atoms. The molecule has 4 heteroatoms. The Balaban J connectivity index is 2.99. The lowest BCUT2D eigenvalue weighted by Crippen LogP contribution is -1.84. The minimum Gasteiger partial charge on any atom is -0.0654 e. The van der Waals surface area contributed by atoms with Crippen LogP contribution in [-0.4, -0.2) is 6.16 Å². The fourth-order valence-electron chi connectivity index (χ4n) is 1.99. The Bertz CT molecular complexity index is 157. The highest BCUT2D eigenvalue weighted by Gasteiger charge is 2.22. The molecule has 104 valence electrons. The standard InChI is InChI=1S/C13H30PS3/c1-2-3-4-5-6-7-8-9-10-11-12-13-14(15,16)17/h15-17H,2-13H2,1H3/q+1. The van der Waals surface area contributed by atoms with Crippen molar-refractivity contribution in [1.29, 1.82) is 0 Å². The Hall–Kier alpha value is 1.48. The molecule has 0 nitrogen and oxygen atoms in total. The van der Waals surface area contributed by atoms with E-state index in [-0.39, 0.29) is 0 Å². The van der Waals surface area contributed by atoms with Crippen molar-refractivity contribution in [1.82, 2.24) is 0 Å². The Morgan fingerprint density at radius 2 is 0.941 bits per heavy atom. The zero-order valence-electron chi connectivity index (χ0n) is 11.3. The van der Waals surface area contributed by atoms with E-state index in [1.807, 2.05) is 0 Å². The van der Waals surface area contributed by atoms with Gasteiger partial charge in [0.1, 0.15) is 0 Å². The maximum absolute atomic E-state index is 4.39. The molecule has 0 aliphatic rings. The van der Waals surface area contributed by atoms with Gasteiger partial charge in [-0.05, 0) is 12.8 Å². The summed E-state index contributed by atoms with van der Waals surface area (Å²) in [5, 5.41) is 0. The molecule has 0 rings (SSSR count). The molecule has 0 aliphatic heterocycles. The lowest BCUT2D eigenvalue weighted by molar-refractivity contribution is 0.555. The third kappa shape index (κ3) is 17.5. The van der Waals surface area contributed by atoms with Crippen LogP contribution in [0, 0.1) is 0 Å². The van der Waals surface area contributed by atoms with Crippen LogP contribution in [0.25, 0.3) is 0 Å². The quantitative estimate of drug-likeness (QED) is 0.196. The lowest BCUT2D eigenvalue weighted by atomic mass is 10.1. The monoisotopic (exact) mass is 313 g/mol. The molecule has 0 aromatic heterocycles. The number of rotatable bonds is 12. The van der Waals surface area contributed by atoms with Crippen molar-refractivity contribution in [3.8, 4) is 0 Å². The molecule has 0 aromatic carbocycles. The van der Waals surface area contributed by atoms with Gasteiger partial charge in [0, 0.05) is 36.7 Å². The molecule has 0 heterocycles. The van der Waals surface area contributed by atoms with Crippen molar-refractivity contribution < 1.29 is 0 Å². The van der Waals surface area contributed by atoms with Crippen LogP contribution < -0.4 is 0 Å². The number of thiol groups is 3. The summed E-state index contributed by atoms with van der Waals surface area (Å²) in [6.07, 6.45) is 16.4. The lowest BCUT2D eigenvalue weighted by Gasteiger charge is -2.05. The van der Waals surface area contributed by atoms with Gasteiger partial charge < -0.3 is 0 Å². The zero-order valence-corrected chi connectivity index (χ0v) is 14.9. The van der Waals surface area contributed by atoms with Crippen LogP contribution in [0.2, 0.25) is 0 Å². The largest absolute Gasteiger partial charge is 0.180 e. The third-order valence-electron chi connectivity index (χ3n) is 3.06. The minimum atomic E-state index is -1.41. The van der Waals surface area contributed by atoms with Gasteiger partial charge in [-0.2, -0.15) is 0 Å². The van der Waals surface area contributed by atoms with Gasteiger partial charge in [0.2, 0.25) is 0 Å². The highest BCUT2D eigenvalue weighted by molar-refractivity contribution is 9.09. The van der Waals surface area contributed by atoms with Crippen LogP contribution in [0.1, 0.15) is 77.6 Å². The van der Waals surface area contributed by atoms with Gasteiger partial charge in [-0.3, -0.25) is 0 Å². The summed E-state index contributed by atoms with van der Waals surface area (Å²) in [5.74, 6) is 0. The van der Waals surface area contributed by atoms with Crippen LogP contribution in [0.4, 0.5) is 0 Å². The fourth-order valence-corrected chi connectivity index (χ4v) is 3.91. The molecular formula is C13H30PS3+. The SMILES string of the molecule is CCCCCCCCCCCCC[P+](S)(S)S. The van der Waals surface area contributed by atoms with Gasteiger partial charge in [0.25, 0.3) is 0 Å². The Labute approximate surface area is 125 Å². The molecule has 17 heavy (non-hydrogen) atoms. The zero-order chi connectivity index (χ0) is 13.0. The van der Waals surface area contributed by atoms with E-state index in [0.29, 0.717) is 0 Å². The van der Waals surface area contributed by atoms with Gasteiger partial charge in [-0.15, -0.1) is 0 Å². The van der Waals surface area contributed by atoms with Crippen LogP contribution in [-0.2, 0) is 0 Å². The number of hydrogen-bond acceptors (Lipinski definition) is 3. The van der Waals surface area contributed by atoms with Gasteiger partial charge in [-0.25, -0.2) is 0 Å². The Kier molecular flexibility index (Phi) is 13.6. The topological polar surface area (TPSA) is 0 Å². The Morgan fingerprint density at radius 1 is 0.588 bits per heavy atom. The number of hydrogen-bond donors (Lipinski definition) is 3. The van der Waals surface area contributed by atoms with Crippen LogP contribution in [0.15, 0.2) is 0 Å². The van der Waals surface area contributed by atoms with Crippen molar-refractivity contribution >= 4 is 41.6 Å². The molecule has 0 radical (unpaired) electrons. The van der Waals surface area contributed by atoms with Crippen LogP contribution >= 0.6 is 41.6 Å². The van der Waals surface area contributed by atoms with E-state index in [9.17, 15) is 0 Å². The second kappa shape index (κ2) is 12.5. The van der Waals surface area contributed by atoms with Crippen LogP contribution in [0.5, 0.6) is 0 Å². The molecule has 0 saturated carbocycles. The highest BCUT2D eigenvalue weighted by atomic mass is 33.4. The maximum Gasteiger partial charge on any atom is 0.180 e. The normalized spacial score (nSPS) is 12.0. The summed E-state index contributed by atoms with van der Waals surface area (Å²) in [7, 11) is 0. The second-order valence-corrected chi connectivity index (χ2v) is 15.8. The molecule has 0 N–H and O–H groups in total. The van der Waals surface area contributed by atoms with E-state index < -0.39 is 4.87 Å². The smallest absolute Gasteiger partial charge is 0.0654 e. The molecule has 0 fully saturated rings. The molecule has 0 saturated heterocycles. The van der Waals surface area contributed by atoms with E-state index in [0.717, 1.165) is 6.16 Å². The van der Waals surface area contributed by atoms with E-state index in [1.165, 1.54) is 70.6 Å². The van der Waals surface area contributed by atoms with E-state index in [4.69, 9.17) is 0 Å². The molecule has 0 unspecified atom stereocenters. The average Bonchev–Trinajstić information content (AvgIpc) is 2.24. The van der Waals surface area contributed by atoms with Crippen molar-refractivity contribution in [3.05, 3.63) is 0 Å². The molecule has 0 aromatic rings. The van der Waals surface area contributed by atoms with Crippen molar-refractivity contribution in [3.63, 3.8) is 0 Å². The third-order valence-corrected chi connectivity index (χ3v) is 5.78. The summed E-state index contributed by atoms with van der Waals surface area (Å²) >= 11 is 13.2. The van der Waals surface area contributed by atoms with Gasteiger partial charge >= 0.3 is 0 Å². The van der Waals surface area contributed by atoms with E-state index >= 15 is 0 Å². The maximum atomic E-state index is 4.39. The summed E-state index contributed by atoms with van der Waals surface area (Å²) in [5.41, 5.74) is 0. The van der Waals surface area contributed by atoms with Gasteiger partial charge in [0.05, 0.1) is 6.16 Å². The van der Waals surface area contributed by atoms with Crippen molar-refractivity contribution in [2.45, 2.75) is 77.6 Å². The summed E-state index contributed by atoms with van der Waals surface area (Å²) in [6.45, 7) is 2.28. The van der Waals surface area contributed by atoms with Gasteiger partial charge in [-0.1, -0.05) is 64.7 Å². The highest BCUT2D eigenvalue weighted by Crippen LogP contribution is 2.72. The predicted octanol–water partition coefficient (Wildman–Crippen LogP) is 6.85. The first kappa shape index (κ1) is 18.5. The van der Waals surface area contributed by atoms with Crippen molar-refractivity contribution in [2.75, 3.05) is 6.16 Å². The molecular weight excluding hydrogens is 283 g/mol. The Morgan fingerprint density at radius 3 is 1.29 bits per heavy atom. The first-order valence-electron chi connectivity index (χ1n) is 7.12.